The molecule has 0 saturated carbocycles. The van der Waals surface area contributed by atoms with Gasteiger partial charge >= 0.3 is 17.9 Å². The SMILES string of the molecule is CC\C=C/C=C\C=C/C=C\C=C/CCCC(=O)OCC(COC(=O)CCC/C=C\C/C=C\C/C=C\CCCCCCCC)OC(=O)CCCCCCCCC/C=C\CCCCCCCC. The third-order valence-electron chi connectivity index (χ3n) is 10.9. The molecule has 65 heavy (non-hydrogen) atoms. The van der Waals surface area contributed by atoms with Crippen LogP contribution < -0.4 is 0 Å². The van der Waals surface area contributed by atoms with Gasteiger partial charge in [0.15, 0.2) is 6.10 Å². The van der Waals surface area contributed by atoms with Crippen molar-refractivity contribution in [2.75, 3.05) is 13.2 Å². The van der Waals surface area contributed by atoms with Gasteiger partial charge < -0.3 is 14.2 Å². The van der Waals surface area contributed by atoms with Crippen molar-refractivity contribution in [2.45, 2.75) is 232 Å². The molecule has 0 heterocycles. The maximum Gasteiger partial charge on any atom is 0.306 e. The Morgan fingerprint density at radius 3 is 1.14 bits per heavy atom. The van der Waals surface area contributed by atoms with E-state index in [0.717, 1.165) is 51.4 Å². The van der Waals surface area contributed by atoms with Crippen LogP contribution in [0.15, 0.2) is 109 Å². The van der Waals surface area contributed by atoms with Gasteiger partial charge in [0.2, 0.25) is 0 Å². The summed E-state index contributed by atoms with van der Waals surface area (Å²) >= 11 is 0. The van der Waals surface area contributed by atoms with E-state index in [1.807, 2.05) is 54.7 Å². The van der Waals surface area contributed by atoms with Gasteiger partial charge in [0.1, 0.15) is 13.2 Å². The van der Waals surface area contributed by atoms with Crippen molar-refractivity contribution >= 4 is 17.9 Å². The lowest BCUT2D eigenvalue weighted by Crippen LogP contribution is -2.30. The smallest absolute Gasteiger partial charge is 0.306 e. The van der Waals surface area contributed by atoms with Crippen LogP contribution >= 0.6 is 0 Å². The first-order chi connectivity index (χ1) is 32.0. The van der Waals surface area contributed by atoms with Crippen molar-refractivity contribution < 1.29 is 28.6 Å². The highest BCUT2D eigenvalue weighted by atomic mass is 16.6. The maximum absolute atomic E-state index is 12.8. The van der Waals surface area contributed by atoms with Gasteiger partial charge in [0.05, 0.1) is 0 Å². The van der Waals surface area contributed by atoms with Gasteiger partial charge in [0, 0.05) is 19.3 Å². The number of allylic oxidation sites excluding steroid dienone is 18. The molecule has 1 unspecified atom stereocenters. The van der Waals surface area contributed by atoms with Gasteiger partial charge in [-0.25, -0.2) is 0 Å². The molecular formula is C59H96O6. The summed E-state index contributed by atoms with van der Waals surface area (Å²) < 4.78 is 16.7. The summed E-state index contributed by atoms with van der Waals surface area (Å²) in [5.41, 5.74) is 0. The Kier molecular flexibility index (Phi) is 49.5. The molecule has 0 spiro atoms. The maximum atomic E-state index is 12.8. The van der Waals surface area contributed by atoms with Crippen molar-refractivity contribution in [3.8, 4) is 0 Å². The highest BCUT2D eigenvalue weighted by molar-refractivity contribution is 5.71. The number of esters is 3. The Hall–Kier alpha value is -3.93. The molecule has 0 bridgehead atoms. The number of carbonyl (C=O) groups excluding carboxylic acids is 3. The number of ether oxygens (including phenoxy) is 3. The molecule has 0 aliphatic rings. The van der Waals surface area contributed by atoms with Crippen LogP contribution in [-0.2, 0) is 28.6 Å². The molecule has 0 fully saturated rings. The second-order valence-corrected chi connectivity index (χ2v) is 17.2. The topological polar surface area (TPSA) is 78.9 Å². The van der Waals surface area contributed by atoms with E-state index in [1.54, 1.807) is 0 Å². The predicted molar refractivity (Wildman–Crippen MR) is 279 cm³/mol. The quantitative estimate of drug-likeness (QED) is 0.0199. The average Bonchev–Trinajstić information content (AvgIpc) is 3.30. The van der Waals surface area contributed by atoms with Crippen molar-refractivity contribution in [1.29, 1.82) is 0 Å². The number of unbranched alkanes of at least 4 members (excludes halogenated alkanes) is 21. The highest BCUT2D eigenvalue weighted by Crippen LogP contribution is 2.13. The van der Waals surface area contributed by atoms with Crippen LogP contribution in [0.2, 0.25) is 0 Å². The molecule has 0 aromatic rings. The predicted octanol–water partition coefficient (Wildman–Crippen LogP) is 17.5. The number of hydrogen-bond donors (Lipinski definition) is 0. The molecule has 6 heteroatoms. The van der Waals surface area contributed by atoms with E-state index < -0.39 is 6.10 Å². The van der Waals surface area contributed by atoms with Crippen LogP contribution in [0.4, 0.5) is 0 Å². The van der Waals surface area contributed by atoms with Crippen molar-refractivity contribution in [3.05, 3.63) is 109 Å². The van der Waals surface area contributed by atoms with Crippen LogP contribution in [0.1, 0.15) is 226 Å². The zero-order valence-corrected chi connectivity index (χ0v) is 42.0. The first-order valence-electron chi connectivity index (χ1n) is 26.5. The third kappa shape index (κ3) is 50.9. The van der Waals surface area contributed by atoms with Gasteiger partial charge in [-0.1, -0.05) is 226 Å². The Labute approximate surface area is 400 Å². The lowest BCUT2D eigenvalue weighted by molar-refractivity contribution is -0.167. The summed E-state index contributed by atoms with van der Waals surface area (Å²) in [6, 6.07) is 0. The van der Waals surface area contributed by atoms with Crippen LogP contribution in [0.25, 0.3) is 0 Å². The summed E-state index contributed by atoms with van der Waals surface area (Å²) in [6.45, 7) is 6.36. The Morgan fingerprint density at radius 1 is 0.338 bits per heavy atom. The first-order valence-corrected chi connectivity index (χ1v) is 26.5. The van der Waals surface area contributed by atoms with Gasteiger partial charge in [-0.2, -0.15) is 0 Å². The van der Waals surface area contributed by atoms with E-state index in [1.165, 1.54) is 122 Å². The van der Waals surface area contributed by atoms with Crippen LogP contribution in [0, 0.1) is 0 Å². The molecule has 6 nitrogen and oxygen atoms in total. The van der Waals surface area contributed by atoms with Gasteiger partial charge in [-0.3, -0.25) is 14.4 Å². The molecule has 0 radical (unpaired) electrons. The van der Waals surface area contributed by atoms with E-state index >= 15 is 0 Å². The second kappa shape index (κ2) is 52.7. The number of rotatable bonds is 46. The molecule has 368 valence electrons. The molecule has 0 rings (SSSR count). The fourth-order valence-electron chi connectivity index (χ4n) is 6.89. The van der Waals surface area contributed by atoms with E-state index in [-0.39, 0.29) is 44.0 Å². The highest BCUT2D eigenvalue weighted by Gasteiger charge is 2.19. The average molecular weight is 901 g/mol. The van der Waals surface area contributed by atoms with Crippen molar-refractivity contribution in [3.63, 3.8) is 0 Å². The van der Waals surface area contributed by atoms with Crippen LogP contribution in [0.5, 0.6) is 0 Å². The van der Waals surface area contributed by atoms with Gasteiger partial charge in [-0.15, -0.1) is 0 Å². The molecule has 0 amide bonds. The minimum atomic E-state index is -0.831. The molecule has 0 aromatic heterocycles. The number of hydrogen-bond acceptors (Lipinski definition) is 6. The molecule has 0 aliphatic heterocycles. The fraction of sp³-hybridized carbons (Fsp3) is 0.644. The zero-order chi connectivity index (χ0) is 47.2. The molecule has 0 aromatic carbocycles. The summed E-state index contributed by atoms with van der Waals surface area (Å²) in [4.78, 5) is 38.0. The normalized spacial score (nSPS) is 13.0. The Bertz CT molecular complexity index is 1360. The monoisotopic (exact) mass is 901 g/mol. The molecule has 0 aliphatic carbocycles. The third-order valence-corrected chi connectivity index (χ3v) is 10.9. The summed E-state index contributed by atoms with van der Waals surface area (Å²) in [7, 11) is 0. The molecule has 1 atom stereocenters. The lowest BCUT2D eigenvalue weighted by atomic mass is 10.1. The molecular weight excluding hydrogens is 805 g/mol. The van der Waals surface area contributed by atoms with Crippen molar-refractivity contribution in [1.82, 2.24) is 0 Å². The van der Waals surface area contributed by atoms with E-state index in [0.29, 0.717) is 19.3 Å². The fourth-order valence-corrected chi connectivity index (χ4v) is 6.89. The first kappa shape index (κ1) is 61.1. The van der Waals surface area contributed by atoms with Gasteiger partial charge in [0.25, 0.3) is 0 Å². The van der Waals surface area contributed by atoms with E-state index in [9.17, 15) is 14.4 Å². The molecule has 0 saturated heterocycles. The standard InChI is InChI=1S/C59H96O6/c1-4-7-10-13-16-19-22-25-27-29-31-34-37-40-43-46-49-52-58(61)64-55-56(54-63-57(60)51-48-45-42-39-36-33-24-21-18-15-12-9-6-3)65-59(62)53-50-47-44-41-38-35-32-30-28-26-23-20-17-14-11-8-5-2/h9,12,15,18,21,24-28,31,33-34,36,39-40,42-43,56H,4-8,10-11,13-14,16-17,19-20,22-23,29-30,32,35,37-38,41,44-55H2,1-3H3/b12-9-,18-15-,24-21-,27-25-,28-26-,34-31-,36-33-,42-39-,43-40-. The summed E-state index contributed by atoms with van der Waals surface area (Å²) in [5, 5.41) is 0. The van der Waals surface area contributed by atoms with E-state index in [4.69, 9.17) is 14.2 Å². The van der Waals surface area contributed by atoms with E-state index in [2.05, 4.69) is 75.5 Å². The van der Waals surface area contributed by atoms with Crippen LogP contribution in [0.3, 0.4) is 0 Å². The summed E-state index contributed by atoms with van der Waals surface area (Å²) in [6.07, 6.45) is 70.9. The Morgan fingerprint density at radius 2 is 0.677 bits per heavy atom. The van der Waals surface area contributed by atoms with Crippen LogP contribution in [-0.4, -0.2) is 37.2 Å². The van der Waals surface area contributed by atoms with Crippen molar-refractivity contribution in [2.24, 2.45) is 0 Å². The van der Waals surface area contributed by atoms with Gasteiger partial charge in [-0.05, 0) is 89.9 Å². The lowest BCUT2D eigenvalue weighted by Gasteiger charge is -2.18. The Balaban J connectivity index is 4.56. The largest absolute Gasteiger partial charge is 0.462 e. The zero-order valence-electron chi connectivity index (χ0n) is 42.0. The summed E-state index contributed by atoms with van der Waals surface area (Å²) in [5.74, 6) is -1.06. The minimum Gasteiger partial charge on any atom is -0.462 e. The number of carbonyl (C=O) groups is 3. The minimum absolute atomic E-state index is 0.130. The molecule has 0 N–H and O–H groups in total. The second-order valence-electron chi connectivity index (χ2n) is 17.2.